The van der Waals surface area contributed by atoms with E-state index in [9.17, 15) is 4.79 Å². The zero-order valence-corrected chi connectivity index (χ0v) is 17.3. The lowest BCUT2D eigenvalue weighted by atomic mass is 10.1. The SMILES string of the molecule is CCc1ccc(CNC(=O)Cn2cccc2-c2nc(-c3ccc(Cl)cc3)no2)cc1. The second-order valence-corrected chi connectivity index (χ2v) is 7.33. The standard InChI is InChI=1S/C23H21ClN4O2/c1-2-16-5-7-17(8-6-16)14-25-21(29)15-28-13-3-4-20(28)23-26-22(27-30-23)18-9-11-19(24)12-10-18/h3-13H,2,14-15H2,1H3,(H,25,29). The van der Waals surface area contributed by atoms with Crippen LogP contribution in [0.4, 0.5) is 0 Å². The second-order valence-electron chi connectivity index (χ2n) is 6.90. The van der Waals surface area contributed by atoms with Crippen molar-refractivity contribution in [2.45, 2.75) is 26.4 Å². The Balaban J connectivity index is 1.41. The maximum atomic E-state index is 12.4. The molecule has 30 heavy (non-hydrogen) atoms. The maximum Gasteiger partial charge on any atom is 0.274 e. The molecule has 0 aliphatic carbocycles. The van der Waals surface area contributed by atoms with Crippen LogP contribution in [0.5, 0.6) is 0 Å². The molecule has 0 fully saturated rings. The van der Waals surface area contributed by atoms with Crippen molar-refractivity contribution in [3.63, 3.8) is 0 Å². The Morgan fingerprint density at radius 2 is 1.80 bits per heavy atom. The fraction of sp³-hybridized carbons (Fsp3) is 0.174. The van der Waals surface area contributed by atoms with Gasteiger partial charge in [0.15, 0.2) is 0 Å². The van der Waals surface area contributed by atoms with Crippen molar-refractivity contribution in [3.8, 4) is 23.0 Å². The quantitative estimate of drug-likeness (QED) is 0.468. The zero-order chi connectivity index (χ0) is 20.9. The summed E-state index contributed by atoms with van der Waals surface area (Å²) in [6.07, 6.45) is 2.82. The molecule has 152 valence electrons. The summed E-state index contributed by atoms with van der Waals surface area (Å²) in [5, 5.41) is 7.63. The number of halogens is 1. The lowest BCUT2D eigenvalue weighted by molar-refractivity contribution is -0.121. The summed E-state index contributed by atoms with van der Waals surface area (Å²) in [4.78, 5) is 16.9. The summed E-state index contributed by atoms with van der Waals surface area (Å²) in [5.41, 5.74) is 3.84. The molecule has 1 amide bonds. The van der Waals surface area contributed by atoms with Gasteiger partial charge in [-0.3, -0.25) is 4.79 Å². The molecular formula is C23H21ClN4O2. The van der Waals surface area contributed by atoms with Gasteiger partial charge in [0.25, 0.3) is 5.89 Å². The molecule has 2 heterocycles. The van der Waals surface area contributed by atoms with E-state index in [0.29, 0.717) is 29.0 Å². The maximum absolute atomic E-state index is 12.4. The van der Waals surface area contributed by atoms with Gasteiger partial charge in [0, 0.05) is 23.3 Å². The number of aryl methyl sites for hydroxylation is 1. The van der Waals surface area contributed by atoms with E-state index in [-0.39, 0.29) is 12.5 Å². The Kier molecular flexibility index (Phi) is 5.95. The van der Waals surface area contributed by atoms with Gasteiger partial charge in [-0.05, 0) is 53.9 Å². The van der Waals surface area contributed by atoms with Crippen molar-refractivity contribution in [2.24, 2.45) is 0 Å². The second kappa shape index (κ2) is 8.97. The topological polar surface area (TPSA) is 73.0 Å². The Bertz CT molecular complexity index is 1130. The normalized spacial score (nSPS) is 10.9. The highest BCUT2D eigenvalue weighted by atomic mass is 35.5. The molecule has 0 aliphatic heterocycles. The molecule has 1 N–H and O–H groups in total. The van der Waals surface area contributed by atoms with Crippen molar-refractivity contribution in [1.29, 1.82) is 0 Å². The van der Waals surface area contributed by atoms with Gasteiger partial charge >= 0.3 is 0 Å². The Labute approximate surface area is 179 Å². The molecule has 0 atom stereocenters. The van der Waals surface area contributed by atoms with E-state index in [1.807, 2.05) is 42.6 Å². The fourth-order valence-corrected chi connectivity index (χ4v) is 3.22. The summed E-state index contributed by atoms with van der Waals surface area (Å²) < 4.78 is 7.21. The largest absolute Gasteiger partial charge is 0.350 e. The van der Waals surface area contributed by atoms with E-state index < -0.39 is 0 Å². The minimum atomic E-state index is -0.0931. The highest BCUT2D eigenvalue weighted by Gasteiger charge is 2.15. The first kappa shape index (κ1) is 19.9. The van der Waals surface area contributed by atoms with Gasteiger partial charge in [-0.2, -0.15) is 4.98 Å². The number of rotatable bonds is 7. The van der Waals surface area contributed by atoms with Crippen LogP contribution in [0.25, 0.3) is 23.0 Å². The highest BCUT2D eigenvalue weighted by molar-refractivity contribution is 6.30. The molecule has 0 unspecified atom stereocenters. The van der Waals surface area contributed by atoms with Crippen LogP contribution in [0, 0.1) is 0 Å². The van der Waals surface area contributed by atoms with Gasteiger partial charge < -0.3 is 14.4 Å². The van der Waals surface area contributed by atoms with Crippen LogP contribution >= 0.6 is 11.6 Å². The molecule has 2 aromatic heterocycles. The molecule has 4 rings (SSSR count). The van der Waals surface area contributed by atoms with Crippen LogP contribution in [0.2, 0.25) is 5.02 Å². The highest BCUT2D eigenvalue weighted by Crippen LogP contribution is 2.23. The summed E-state index contributed by atoms with van der Waals surface area (Å²) in [6.45, 7) is 2.77. The van der Waals surface area contributed by atoms with E-state index in [1.165, 1.54) is 5.56 Å². The lowest BCUT2D eigenvalue weighted by Gasteiger charge is -2.08. The minimum absolute atomic E-state index is 0.0931. The first-order valence-electron chi connectivity index (χ1n) is 9.72. The van der Waals surface area contributed by atoms with E-state index in [1.54, 1.807) is 16.7 Å². The van der Waals surface area contributed by atoms with Crippen LogP contribution in [-0.2, 0) is 24.3 Å². The summed E-state index contributed by atoms with van der Waals surface area (Å²) in [7, 11) is 0. The zero-order valence-electron chi connectivity index (χ0n) is 16.5. The minimum Gasteiger partial charge on any atom is -0.350 e. The summed E-state index contributed by atoms with van der Waals surface area (Å²) in [5.74, 6) is 0.728. The molecule has 0 spiro atoms. The van der Waals surface area contributed by atoms with Crippen molar-refractivity contribution in [3.05, 3.63) is 83.0 Å². The predicted molar refractivity (Wildman–Crippen MR) is 116 cm³/mol. The van der Waals surface area contributed by atoms with Crippen LogP contribution in [0.1, 0.15) is 18.1 Å². The molecule has 2 aromatic carbocycles. The molecule has 0 aliphatic rings. The molecule has 0 saturated heterocycles. The first-order valence-corrected chi connectivity index (χ1v) is 10.1. The number of carbonyl (C=O) groups is 1. The Hall–Kier alpha value is -3.38. The third kappa shape index (κ3) is 4.60. The molecule has 4 aromatic rings. The molecule has 0 saturated carbocycles. The van der Waals surface area contributed by atoms with Crippen molar-refractivity contribution in [2.75, 3.05) is 0 Å². The molecule has 6 nitrogen and oxygen atoms in total. The molecule has 7 heteroatoms. The van der Waals surface area contributed by atoms with E-state index in [0.717, 1.165) is 17.5 Å². The Morgan fingerprint density at radius 3 is 2.53 bits per heavy atom. The number of benzene rings is 2. The summed E-state index contributed by atoms with van der Waals surface area (Å²) >= 11 is 5.93. The number of hydrogen-bond acceptors (Lipinski definition) is 4. The van der Waals surface area contributed by atoms with Gasteiger partial charge in [0.2, 0.25) is 11.7 Å². The van der Waals surface area contributed by atoms with Crippen molar-refractivity contribution in [1.82, 2.24) is 20.0 Å². The molecule has 0 bridgehead atoms. The molecular weight excluding hydrogens is 400 g/mol. The third-order valence-corrected chi connectivity index (χ3v) is 5.06. The number of amides is 1. The average molecular weight is 421 g/mol. The van der Waals surface area contributed by atoms with Crippen LogP contribution in [0.3, 0.4) is 0 Å². The van der Waals surface area contributed by atoms with Crippen molar-refractivity contribution >= 4 is 17.5 Å². The fourth-order valence-electron chi connectivity index (χ4n) is 3.09. The summed E-state index contributed by atoms with van der Waals surface area (Å²) in [6, 6.07) is 19.1. The van der Waals surface area contributed by atoms with Gasteiger partial charge in [-0.1, -0.05) is 47.9 Å². The van der Waals surface area contributed by atoms with Gasteiger partial charge in [-0.25, -0.2) is 0 Å². The third-order valence-electron chi connectivity index (χ3n) is 4.81. The van der Waals surface area contributed by atoms with Gasteiger partial charge in [0.1, 0.15) is 12.2 Å². The van der Waals surface area contributed by atoms with Gasteiger partial charge in [0.05, 0.1) is 0 Å². The monoisotopic (exact) mass is 420 g/mol. The smallest absolute Gasteiger partial charge is 0.274 e. The number of carbonyl (C=O) groups excluding carboxylic acids is 1. The molecule has 0 radical (unpaired) electrons. The predicted octanol–water partition coefficient (Wildman–Crippen LogP) is 4.74. The number of hydrogen-bond donors (Lipinski definition) is 1. The van der Waals surface area contributed by atoms with E-state index >= 15 is 0 Å². The Morgan fingerprint density at radius 1 is 1.07 bits per heavy atom. The van der Waals surface area contributed by atoms with Crippen LogP contribution < -0.4 is 5.32 Å². The number of nitrogens with one attached hydrogen (secondary N) is 1. The van der Waals surface area contributed by atoms with E-state index in [2.05, 4.69) is 34.5 Å². The number of nitrogens with zero attached hydrogens (tertiary/aromatic N) is 3. The number of aromatic nitrogens is 3. The van der Waals surface area contributed by atoms with Gasteiger partial charge in [-0.15, -0.1) is 0 Å². The van der Waals surface area contributed by atoms with Crippen molar-refractivity contribution < 1.29 is 9.32 Å². The first-order chi connectivity index (χ1) is 14.6. The van der Waals surface area contributed by atoms with Crippen LogP contribution in [-0.4, -0.2) is 20.6 Å². The van der Waals surface area contributed by atoms with Crippen LogP contribution in [0.15, 0.2) is 71.4 Å². The lowest BCUT2D eigenvalue weighted by Crippen LogP contribution is -2.27. The average Bonchev–Trinajstić information content (AvgIpc) is 3.42. The van der Waals surface area contributed by atoms with E-state index in [4.69, 9.17) is 16.1 Å².